The van der Waals surface area contributed by atoms with Gasteiger partial charge in [-0.15, -0.1) is 0 Å². The number of fused-ring (bicyclic) bond motifs is 1. The van der Waals surface area contributed by atoms with Gasteiger partial charge in [-0.25, -0.2) is 4.39 Å². The van der Waals surface area contributed by atoms with Gasteiger partial charge in [0.25, 0.3) is 0 Å². The minimum Gasteiger partial charge on any atom is -0.256 e. The van der Waals surface area contributed by atoms with Gasteiger partial charge in [0, 0.05) is 21.6 Å². The molecule has 0 radical (unpaired) electrons. The lowest BCUT2D eigenvalue weighted by Gasteiger charge is -2.03. The van der Waals surface area contributed by atoms with Crippen LogP contribution in [0.25, 0.3) is 10.9 Å². The van der Waals surface area contributed by atoms with Crippen LogP contribution in [0.3, 0.4) is 0 Å². The molecular formula is C10H7BrFN. The molecule has 2 aromatic rings. The van der Waals surface area contributed by atoms with Gasteiger partial charge in [-0.1, -0.05) is 15.9 Å². The molecule has 13 heavy (non-hydrogen) atoms. The Balaban J connectivity index is 2.94. The van der Waals surface area contributed by atoms with Crippen molar-refractivity contribution in [2.24, 2.45) is 0 Å². The first-order valence-corrected chi connectivity index (χ1v) is 4.69. The predicted molar refractivity (Wildman–Crippen MR) is 54.1 cm³/mol. The van der Waals surface area contributed by atoms with E-state index in [1.165, 1.54) is 6.07 Å². The summed E-state index contributed by atoms with van der Waals surface area (Å²) in [6.07, 6.45) is 1.67. The van der Waals surface area contributed by atoms with Crippen LogP contribution in [0.15, 0.2) is 28.9 Å². The number of aromatic nitrogens is 1. The second-order valence-corrected chi connectivity index (χ2v) is 3.72. The third kappa shape index (κ3) is 1.33. The van der Waals surface area contributed by atoms with Crippen molar-refractivity contribution in [3.05, 3.63) is 40.2 Å². The second kappa shape index (κ2) is 3.07. The average molecular weight is 240 g/mol. The van der Waals surface area contributed by atoms with Crippen molar-refractivity contribution < 1.29 is 4.39 Å². The summed E-state index contributed by atoms with van der Waals surface area (Å²) in [6, 6.07) is 5.04. The van der Waals surface area contributed by atoms with E-state index >= 15 is 0 Å². The zero-order valence-corrected chi connectivity index (χ0v) is 8.60. The van der Waals surface area contributed by atoms with Gasteiger partial charge in [-0.05, 0) is 25.1 Å². The Morgan fingerprint density at radius 3 is 2.85 bits per heavy atom. The van der Waals surface area contributed by atoms with Crippen molar-refractivity contribution in [1.29, 1.82) is 0 Å². The van der Waals surface area contributed by atoms with Crippen molar-refractivity contribution in [2.75, 3.05) is 0 Å². The Bertz CT molecular complexity index is 468. The SMILES string of the molecule is Cc1c(F)ccc2c(Br)ccnc12. The van der Waals surface area contributed by atoms with Crippen molar-refractivity contribution >= 4 is 26.8 Å². The first kappa shape index (κ1) is 8.63. The van der Waals surface area contributed by atoms with E-state index in [-0.39, 0.29) is 5.82 Å². The molecule has 1 aromatic heterocycles. The van der Waals surface area contributed by atoms with Crippen LogP contribution in [0, 0.1) is 12.7 Å². The maximum absolute atomic E-state index is 13.1. The highest BCUT2D eigenvalue weighted by Gasteiger charge is 2.05. The molecule has 1 nitrogen and oxygen atoms in total. The molecule has 1 heterocycles. The van der Waals surface area contributed by atoms with Crippen molar-refractivity contribution in [1.82, 2.24) is 4.98 Å². The van der Waals surface area contributed by atoms with Crippen LogP contribution in [-0.4, -0.2) is 4.98 Å². The quantitative estimate of drug-likeness (QED) is 0.687. The number of pyridine rings is 1. The first-order chi connectivity index (χ1) is 6.20. The predicted octanol–water partition coefficient (Wildman–Crippen LogP) is 3.44. The number of rotatable bonds is 0. The van der Waals surface area contributed by atoms with Crippen LogP contribution in [-0.2, 0) is 0 Å². The molecule has 0 unspecified atom stereocenters. The van der Waals surface area contributed by atoms with E-state index in [4.69, 9.17) is 0 Å². The summed E-state index contributed by atoms with van der Waals surface area (Å²) < 4.78 is 14.1. The molecule has 0 aliphatic rings. The van der Waals surface area contributed by atoms with E-state index in [1.54, 1.807) is 19.2 Å². The molecule has 2 rings (SSSR count). The molecule has 0 spiro atoms. The fourth-order valence-corrected chi connectivity index (χ4v) is 1.74. The highest BCUT2D eigenvalue weighted by Crippen LogP contribution is 2.25. The Hall–Kier alpha value is -0.960. The third-order valence-electron chi connectivity index (χ3n) is 2.05. The highest BCUT2D eigenvalue weighted by molar-refractivity contribution is 9.10. The van der Waals surface area contributed by atoms with Gasteiger partial charge in [0.15, 0.2) is 0 Å². The number of benzene rings is 1. The Kier molecular flexibility index (Phi) is 2.04. The van der Waals surface area contributed by atoms with Crippen LogP contribution < -0.4 is 0 Å². The molecular weight excluding hydrogens is 233 g/mol. The maximum atomic E-state index is 13.1. The number of hydrogen-bond acceptors (Lipinski definition) is 1. The fourth-order valence-electron chi connectivity index (χ4n) is 1.30. The maximum Gasteiger partial charge on any atom is 0.128 e. The number of aryl methyl sites for hydroxylation is 1. The average Bonchev–Trinajstić information content (AvgIpc) is 2.12. The van der Waals surface area contributed by atoms with E-state index in [9.17, 15) is 4.39 Å². The smallest absolute Gasteiger partial charge is 0.128 e. The van der Waals surface area contributed by atoms with E-state index in [0.717, 1.165) is 15.4 Å². The van der Waals surface area contributed by atoms with Crippen LogP contribution in [0.5, 0.6) is 0 Å². The highest BCUT2D eigenvalue weighted by atomic mass is 79.9. The third-order valence-corrected chi connectivity index (χ3v) is 2.74. The lowest BCUT2D eigenvalue weighted by molar-refractivity contribution is 0.620. The minimum absolute atomic E-state index is 0.210. The zero-order chi connectivity index (χ0) is 9.42. The zero-order valence-electron chi connectivity index (χ0n) is 7.01. The fraction of sp³-hybridized carbons (Fsp3) is 0.100. The lowest BCUT2D eigenvalue weighted by atomic mass is 10.1. The van der Waals surface area contributed by atoms with E-state index in [2.05, 4.69) is 20.9 Å². The largest absolute Gasteiger partial charge is 0.256 e. The molecule has 0 aliphatic carbocycles. The van der Waals surface area contributed by atoms with Gasteiger partial charge in [0.1, 0.15) is 5.82 Å². The van der Waals surface area contributed by atoms with Gasteiger partial charge in [0.05, 0.1) is 5.52 Å². The molecule has 3 heteroatoms. The standard InChI is InChI=1S/C10H7BrFN/c1-6-9(12)3-2-7-8(11)4-5-13-10(6)7/h2-5H,1H3. The van der Waals surface area contributed by atoms with Crippen molar-refractivity contribution in [2.45, 2.75) is 6.92 Å². The first-order valence-electron chi connectivity index (χ1n) is 3.89. The summed E-state index contributed by atoms with van der Waals surface area (Å²) in [5.41, 5.74) is 1.31. The molecule has 0 fully saturated rings. The minimum atomic E-state index is -0.210. The van der Waals surface area contributed by atoms with Crippen LogP contribution >= 0.6 is 15.9 Å². The Morgan fingerprint density at radius 1 is 1.31 bits per heavy atom. The second-order valence-electron chi connectivity index (χ2n) is 2.86. The van der Waals surface area contributed by atoms with Gasteiger partial charge in [0.2, 0.25) is 0 Å². The van der Waals surface area contributed by atoms with Crippen molar-refractivity contribution in [3.63, 3.8) is 0 Å². The van der Waals surface area contributed by atoms with Crippen molar-refractivity contribution in [3.8, 4) is 0 Å². The number of nitrogens with zero attached hydrogens (tertiary/aromatic N) is 1. The summed E-state index contributed by atoms with van der Waals surface area (Å²) in [7, 11) is 0. The van der Waals surface area contributed by atoms with Crippen LogP contribution in [0.1, 0.15) is 5.56 Å². The Labute approximate surface area is 83.7 Å². The van der Waals surface area contributed by atoms with E-state index < -0.39 is 0 Å². The number of halogens is 2. The molecule has 0 amide bonds. The molecule has 0 saturated heterocycles. The lowest BCUT2D eigenvalue weighted by Crippen LogP contribution is -1.87. The molecule has 0 bridgehead atoms. The molecule has 66 valence electrons. The van der Waals surface area contributed by atoms with Gasteiger partial charge in [-0.3, -0.25) is 4.98 Å². The van der Waals surface area contributed by atoms with Gasteiger partial charge < -0.3 is 0 Å². The summed E-state index contributed by atoms with van der Waals surface area (Å²) in [5, 5.41) is 0.946. The number of hydrogen-bond donors (Lipinski definition) is 0. The summed E-state index contributed by atoms with van der Waals surface area (Å²) in [4.78, 5) is 4.13. The van der Waals surface area contributed by atoms with Gasteiger partial charge >= 0.3 is 0 Å². The monoisotopic (exact) mass is 239 g/mol. The van der Waals surface area contributed by atoms with Crippen LogP contribution in [0.2, 0.25) is 0 Å². The summed E-state index contributed by atoms with van der Waals surface area (Å²) in [5.74, 6) is -0.210. The van der Waals surface area contributed by atoms with E-state index in [1.807, 2.05) is 6.07 Å². The van der Waals surface area contributed by atoms with Gasteiger partial charge in [-0.2, -0.15) is 0 Å². The molecule has 0 saturated carbocycles. The normalized spacial score (nSPS) is 10.7. The summed E-state index contributed by atoms with van der Waals surface area (Å²) >= 11 is 3.39. The topological polar surface area (TPSA) is 12.9 Å². The Morgan fingerprint density at radius 2 is 2.08 bits per heavy atom. The van der Waals surface area contributed by atoms with E-state index in [0.29, 0.717) is 5.56 Å². The summed E-state index contributed by atoms with van der Waals surface area (Å²) in [6.45, 7) is 1.73. The molecule has 1 aromatic carbocycles. The molecule has 0 atom stereocenters. The molecule has 0 aliphatic heterocycles. The van der Waals surface area contributed by atoms with Crippen LogP contribution in [0.4, 0.5) is 4.39 Å². The molecule has 0 N–H and O–H groups in total.